The van der Waals surface area contributed by atoms with Crippen molar-refractivity contribution >= 4 is 45.8 Å². The van der Waals surface area contributed by atoms with E-state index in [1.165, 1.54) is 12.1 Å². The molecule has 98 valence electrons. The lowest BCUT2D eigenvalue weighted by molar-refractivity contribution is 0.102. The molecule has 0 spiro atoms. The summed E-state index contributed by atoms with van der Waals surface area (Å²) in [4.78, 5) is 12.1. The molecule has 0 saturated heterocycles. The Hall–Kier alpha value is -1.14. The van der Waals surface area contributed by atoms with Crippen molar-refractivity contribution in [1.29, 1.82) is 0 Å². The van der Waals surface area contributed by atoms with Crippen LogP contribution >= 0.6 is 34.2 Å². The molecule has 1 amide bonds. The summed E-state index contributed by atoms with van der Waals surface area (Å²) in [5.41, 5.74) is 1.54. The van der Waals surface area contributed by atoms with E-state index in [0.717, 1.165) is 3.57 Å². The Morgan fingerprint density at radius 2 is 2.00 bits per heavy atom. The molecule has 0 unspecified atom stereocenters. The van der Waals surface area contributed by atoms with Gasteiger partial charge in [0, 0.05) is 14.3 Å². The van der Waals surface area contributed by atoms with Crippen LogP contribution in [0.2, 0.25) is 5.02 Å². The van der Waals surface area contributed by atoms with E-state index in [0.29, 0.717) is 21.8 Å². The third kappa shape index (κ3) is 3.45. The summed E-state index contributed by atoms with van der Waals surface area (Å²) in [6.45, 7) is 1.65. The fourth-order valence-corrected chi connectivity index (χ4v) is 2.34. The lowest BCUT2D eigenvalue weighted by Gasteiger charge is -2.08. The molecule has 2 rings (SSSR count). The first-order valence-electron chi connectivity index (χ1n) is 5.50. The van der Waals surface area contributed by atoms with Crippen LogP contribution in [0.5, 0.6) is 0 Å². The highest BCUT2D eigenvalue weighted by Gasteiger charge is 2.11. The fourth-order valence-electron chi connectivity index (χ4n) is 1.59. The van der Waals surface area contributed by atoms with Crippen molar-refractivity contribution in [3.63, 3.8) is 0 Å². The molecule has 0 aromatic heterocycles. The molecule has 2 aromatic carbocycles. The minimum absolute atomic E-state index is 0.266. The molecule has 0 aliphatic rings. The van der Waals surface area contributed by atoms with Gasteiger partial charge in [0.2, 0.25) is 0 Å². The minimum Gasteiger partial charge on any atom is -0.322 e. The van der Waals surface area contributed by atoms with Crippen molar-refractivity contribution in [1.82, 2.24) is 0 Å². The average molecular weight is 390 g/mol. The number of halogens is 3. The zero-order valence-electron chi connectivity index (χ0n) is 10.0. The van der Waals surface area contributed by atoms with E-state index in [-0.39, 0.29) is 11.7 Å². The smallest absolute Gasteiger partial charge is 0.256 e. The van der Waals surface area contributed by atoms with Gasteiger partial charge in [-0.2, -0.15) is 0 Å². The second kappa shape index (κ2) is 5.88. The normalized spacial score (nSPS) is 10.3. The Morgan fingerprint density at radius 1 is 1.26 bits per heavy atom. The lowest BCUT2D eigenvalue weighted by Crippen LogP contribution is -2.13. The maximum atomic E-state index is 13.1. The molecule has 0 saturated carbocycles. The number of benzene rings is 2. The van der Waals surface area contributed by atoms with Crippen molar-refractivity contribution in [3.8, 4) is 0 Å². The SMILES string of the molecule is Cc1cc(NC(=O)c2cc(Cl)ccc2I)ccc1F. The largest absolute Gasteiger partial charge is 0.322 e. The van der Waals surface area contributed by atoms with Crippen molar-refractivity contribution in [2.45, 2.75) is 6.92 Å². The van der Waals surface area contributed by atoms with Crippen LogP contribution in [0.3, 0.4) is 0 Å². The van der Waals surface area contributed by atoms with Gasteiger partial charge in [0.1, 0.15) is 5.82 Å². The van der Waals surface area contributed by atoms with Crippen LogP contribution in [0.25, 0.3) is 0 Å². The summed E-state index contributed by atoms with van der Waals surface area (Å²) in [5.74, 6) is -0.562. The molecule has 19 heavy (non-hydrogen) atoms. The van der Waals surface area contributed by atoms with Gasteiger partial charge in [0.05, 0.1) is 5.56 Å². The molecule has 0 atom stereocenters. The molecular weight excluding hydrogens is 380 g/mol. The van der Waals surface area contributed by atoms with Gasteiger partial charge in [0.15, 0.2) is 0 Å². The Bertz CT molecular complexity index is 645. The highest BCUT2D eigenvalue weighted by molar-refractivity contribution is 14.1. The molecule has 0 aliphatic heterocycles. The van der Waals surface area contributed by atoms with Gasteiger partial charge < -0.3 is 5.32 Å². The highest BCUT2D eigenvalue weighted by Crippen LogP contribution is 2.20. The van der Waals surface area contributed by atoms with Gasteiger partial charge in [-0.15, -0.1) is 0 Å². The summed E-state index contributed by atoms with van der Waals surface area (Å²) in [6.07, 6.45) is 0. The van der Waals surface area contributed by atoms with Gasteiger partial charge in [-0.3, -0.25) is 4.79 Å². The van der Waals surface area contributed by atoms with Crippen molar-refractivity contribution in [2.24, 2.45) is 0 Å². The first-order valence-corrected chi connectivity index (χ1v) is 6.95. The number of aryl methyl sites for hydroxylation is 1. The first kappa shape index (κ1) is 14.3. The standard InChI is InChI=1S/C14H10ClFINO/c1-8-6-10(3-4-12(8)16)18-14(19)11-7-9(15)2-5-13(11)17/h2-7H,1H3,(H,18,19). The maximum absolute atomic E-state index is 13.1. The summed E-state index contributed by atoms with van der Waals surface area (Å²) in [6, 6.07) is 9.54. The topological polar surface area (TPSA) is 29.1 Å². The maximum Gasteiger partial charge on any atom is 0.256 e. The molecule has 0 fully saturated rings. The van der Waals surface area contributed by atoms with Gasteiger partial charge in [0.25, 0.3) is 5.91 Å². The number of hydrogen-bond acceptors (Lipinski definition) is 1. The summed E-state index contributed by atoms with van der Waals surface area (Å²) >= 11 is 7.94. The van der Waals surface area contributed by atoms with Gasteiger partial charge in [-0.25, -0.2) is 4.39 Å². The molecule has 0 heterocycles. The minimum atomic E-state index is -0.296. The Labute approximate surface area is 129 Å². The first-order chi connectivity index (χ1) is 8.97. The highest BCUT2D eigenvalue weighted by atomic mass is 127. The number of nitrogens with one attached hydrogen (secondary N) is 1. The van der Waals surface area contributed by atoms with Crippen LogP contribution in [0, 0.1) is 16.3 Å². The predicted octanol–water partition coefficient (Wildman–Crippen LogP) is 4.64. The quantitative estimate of drug-likeness (QED) is 0.745. The second-order valence-electron chi connectivity index (χ2n) is 4.04. The van der Waals surface area contributed by atoms with E-state index < -0.39 is 0 Å². The van der Waals surface area contributed by atoms with Crippen LogP contribution in [0.4, 0.5) is 10.1 Å². The third-order valence-corrected chi connectivity index (χ3v) is 3.76. The number of rotatable bonds is 2. The molecule has 2 nitrogen and oxygen atoms in total. The zero-order chi connectivity index (χ0) is 14.0. The average Bonchev–Trinajstić information content (AvgIpc) is 2.36. The number of amides is 1. The number of hydrogen-bond donors (Lipinski definition) is 1. The predicted molar refractivity (Wildman–Crippen MR) is 83.3 cm³/mol. The number of carbonyl (C=O) groups excluding carboxylic acids is 1. The van der Waals surface area contributed by atoms with E-state index >= 15 is 0 Å². The van der Waals surface area contributed by atoms with Gasteiger partial charge in [-0.05, 0) is 71.5 Å². The van der Waals surface area contributed by atoms with Gasteiger partial charge >= 0.3 is 0 Å². The van der Waals surface area contributed by atoms with Crippen molar-refractivity contribution < 1.29 is 9.18 Å². The summed E-state index contributed by atoms with van der Waals surface area (Å²) in [7, 11) is 0. The Kier molecular flexibility index (Phi) is 4.42. The number of carbonyl (C=O) groups is 1. The van der Waals surface area contributed by atoms with Crippen LogP contribution in [0.15, 0.2) is 36.4 Å². The zero-order valence-corrected chi connectivity index (χ0v) is 12.9. The molecule has 1 N–H and O–H groups in total. The number of anilines is 1. The summed E-state index contributed by atoms with van der Waals surface area (Å²) in [5, 5.41) is 3.23. The molecule has 2 aromatic rings. The van der Waals surface area contributed by atoms with Crippen LogP contribution < -0.4 is 5.32 Å². The van der Waals surface area contributed by atoms with Gasteiger partial charge in [-0.1, -0.05) is 11.6 Å². The summed E-state index contributed by atoms with van der Waals surface area (Å²) < 4.78 is 13.9. The molecule has 0 aliphatic carbocycles. The third-order valence-electron chi connectivity index (χ3n) is 2.59. The van der Waals surface area contributed by atoms with E-state index in [1.807, 2.05) is 0 Å². The van der Waals surface area contributed by atoms with E-state index in [1.54, 1.807) is 31.2 Å². The van der Waals surface area contributed by atoms with E-state index in [4.69, 9.17) is 11.6 Å². The molecule has 5 heteroatoms. The van der Waals surface area contributed by atoms with Crippen LogP contribution in [-0.2, 0) is 0 Å². The van der Waals surface area contributed by atoms with E-state index in [2.05, 4.69) is 27.9 Å². The molecule has 0 bridgehead atoms. The molecular formula is C14H10ClFINO. The second-order valence-corrected chi connectivity index (χ2v) is 5.64. The van der Waals surface area contributed by atoms with Crippen molar-refractivity contribution in [2.75, 3.05) is 5.32 Å². The van der Waals surface area contributed by atoms with Crippen LogP contribution in [-0.4, -0.2) is 5.91 Å². The molecule has 0 radical (unpaired) electrons. The lowest BCUT2D eigenvalue weighted by atomic mass is 10.2. The monoisotopic (exact) mass is 389 g/mol. The van der Waals surface area contributed by atoms with E-state index in [9.17, 15) is 9.18 Å². The van der Waals surface area contributed by atoms with Crippen molar-refractivity contribution in [3.05, 3.63) is 61.9 Å². The Balaban J connectivity index is 2.25. The fraction of sp³-hybridized carbons (Fsp3) is 0.0714. The Morgan fingerprint density at radius 3 is 2.68 bits per heavy atom. The van der Waals surface area contributed by atoms with Crippen LogP contribution in [0.1, 0.15) is 15.9 Å².